The lowest BCUT2D eigenvalue weighted by Crippen LogP contribution is -2.44. The fourth-order valence-electron chi connectivity index (χ4n) is 4.10. The van der Waals surface area contributed by atoms with Gasteiger partial charge in [-0.05, 0) is 44.6 Å². The SMILES string of the molecule is CN(C)C1CCN(C(=O)c2cc3occc3n2Cc2cccc(C(F)(F)F)c2)CC1. The van der Waals surface area contributed by atoms with E-state index in [0.29, 0.717) is 41.5 Å². The van der Waals surface area contributed by atoms with Crippen molar-refractivity contribution < 1.29 is 22.4 Å². The maximum atomic E-state index is 13.3. The number of hydrogen-bond donors (Lipinski definition) is 0. The van der Waals surface area contributed by atoms with Crippen molar-refractivity contribution in [3.05, 3.63) is 59.5 Å². The van der Waals surface area contributed by atoms with Gasteiger partial charge < -0.3 is 18.8 Å². The van der Waals surface area contributed by atoms with Gasteiger partial charge in [-0.25, -0.2) is 0 Å². The molecule has 2 aromatic heterocycles. The summed E-state index contributed by atoms with van der Waals surface area (Å²) in [6, 6.07) is 9.07. The molecule has 30 heavy (non-hydrogen) atoms. The number of alkyl halides is 3. The quantitative estimate of drug-likeness (QED) is 0.627. The van der Waals surface area contributed by atoms with Crippen molar-refractivity contribution in [3.8, 4) is 0 Å². The zero-order chi connectivity index (χ0) is 21.5. The molecule has 1 amide bonds. The van der Waals surface area contributed by atoms with Crippen molar-refractivity contribution in [2.45, 2.75) is 31.6 Å². The number of benzene rings is 1. The van der Waals surface area contributed by atoms with Gasteiger partial charge in [0.05, 0.1) is 17.3 Å². The Morgan fingerprint density at radius 2 is 1.90 bits per heavy atom. The molecule has 0 radical (unpaired) electrons. The highest BCUT2D eigenvalue weighted by Gasteiger charge is 2.31. The lowest BCUT2D eigenvalue weighted by atomic mass is 10.0. The molecule has 0 unspecified atom stereocenters. The Hall–Kier alpha value is -2.74. The molecule has 3 heterocycles. The lowest BCUT2D eigenvalue weighted by molar-refractivity contribution is -0.137. The van der Waals surface area contributed by atoms with Gasteiger partial charge in [0.25, 0.3) is 5.91 Å². The first-order chi connectivity index (χ1) is 14.2. The summed E-state index contributed by atoms with van der Waals surface area (Å²) in [5.74, 6) is -0.120. The van der Waals surface area contributed by atoms with Gasteiger partial charge in [-0.2, -0.15) is 13.2 Å². The minimum absolute atomic E-state index is 0.120. The van der Waals surface area contributed by atoms with E-state index < -0.39 is 11.7 Å². The lowest BCUT2D eigenvalue weighted by Gasteiger charge is -2.35. The zero-order valence-corrected chi connectivity index (χ0v) is 16.9. The van der Waals surface area contributed by atoms with Crippen LogP contribution in [0.2, 0.25) is 0 Å². The van der Waals surface area contributed by atoms with E-state index in [4.69, 9.17) is 4.42 Å². The van der Waals surface area contributed by atoms with Gasteiger partial charge in [0.2, 0.25) is 0 Å². The Balaban J connectivity index is 1.62. The molecule has 3 aromatic rings. The van der Waals surface area contributed by atoms with E-state index in [1.54, 1.807) is 22.8 Å². The average Bonchev–Trinajstić information content (AvgIpc) is 3.30. The normalized spacial score (nSPS) is 16.0. The van der Waals surface area contributed by atoms with Gasteiger partial charge in [0.1, 0.15) is 5.69 Å². The molecule has 5 nitrogen and oxygen atoms in total. The second kappa shape index (κ2) is 7.83. The topological polar surface area (TPSA) is 41.6 Å². The van der Waals surface area contributed by atoms with Crippen LogP contribution in [0.15, 0.2) is 47.1 Å². The van der Waals surface area contributed by atoms with Gasteiger partial charge in [-0.1, -0.05) is 12.1 Å². The van der Waals surface area contributed by atoms with Crippen LogP contribution < -0.4 is 0 Å². The van der Waals surface area contributed by atoms with Crippen LogP contribution >= 0.6 is 0 Å². The first-order valence-corrected chi connectivity index (χ1v) is 9.92. The minimum atomic E-state index is -4.41. The highest BCUT2D eigenvalue weighted by molar-refractivity contribution is 5.97. The van der Waals surface area contributed by atoms with Gasteiger partial charge in [-0.3, -0.25) is 4.79 Å². The summed E-state index contributed by atoms with van der Waals surface area (Å²) in [5.41, 5.74) is 1.45. The van der Waals surface area contributed by atoms with Crippen molar-refractivity contribution in [3.63, 3.8) is 0 Å². The van der Waals surface area contributed by atoms with Gasteiger partial charge in [-0.15, -0.1) is 0 Å². The maximum Gasteiger partial charge on any atom is 0.416 e. The van der Waals surface area contributed by atoms with E-state index in [-0.39, 0.29) is 12.5 Å². The smallest absolute Gasteiger partial charge is 0.416 e. The summed E-state index contributed by atoms with van der Waals surface area (Å²) in [4.78, 5) is 17.2. The van der Waals surface area contributed by atoms with E-state index in [0.717, 1.165) is 25.0 Å². The molecular weight excluding hydrogens is 395 g/mol. The van der Waals surface area contributed by atoms with E-state index in [9.17, 15) is 18.0 Å². The number of furan rings is 1. The fraction of sp³-hybridized carbons (Fsp3) is 0.409. The second-order valence-electron chi connectivity index (χ2n) is 7.97. The fourth-order valence-corrected chi connectivity index (χ4v) is 4.10. The number of fused-ring (bicyclic) bond motifs is 1. The summed E-state index contributed by atoms with van der Waals surface area (Å²) in [5, 5.41) is 0. The molecular formula is C22H24F3N3O2. The number of carbonyl (C=O) groups is 1. The first-order valence-electron chi connectivity index (χ1n) is 9.92. The Morgan fingerprint density at radius 1 is 1.17 bits per heavy atom. The minimum Gasteiger partial charge on any atom is -0.463 e. The largest absolute Gasteiger partial charge is 0.463 e. The van der Waals surface area contributed by atoms with Crippen LogP contribution in [-0.2, 0) is 12.7 Å². The third-order valence-electron chi connectivity index (χ3n) is 5.82. The summed E-state index contributed by atoms with van der Waals surface area (Å²) in [6.07, 6.45) is -1.11. The summed E-state index contributed by atoms with van der Waals surface area (Å²) < 4.78 is 46.5. The van der Waals surface area contributed by atoms with Crippen LogP contribution in [-0.4, -0.2) is 53.5 Å². The molecule has 1 fully saturated rings. The van der Waals surface area contributed by atoms with Crippen molar-refractivity contribution >= 4 is 17.0 Å². The molecule has 0 aliphatic carbocycles. The maximum absolute atomic E-state index is 13.3. The van der Waals surface area contributed by atoms with E-state index in [1.807, 2.05) is 19.0 Å². The standard InChI is InChI=1S/C22H24F3N3O2/c1-26(2)17-6-9-27(10-7-17)21(29)19-13-20-18(8-11-30-20)28(19)14-15-4-3-5-16(12-15)22(23,24)25/h3-5,8,11-13,17H,6-7,9-10,14H2,1-2H3. The number of piperidine rings is 1. The number of rotatable bonds is 4. The van der Waals surface area contributed by atoms with Crippen LogP contribution in [0.3, 0.4) is 0 Å². The number of nitrogens with zero attached hydrogens (tertiary/aromatic N) is 3. The highest BCUT2D eigenvalue weighted by Crippen LogP contribution is 2.31. The molecule has 0 spiro atoms. The summed E-state index contributed by atoms with van der Waals surface area (Å²) in [6.45, 7) is 1.46. The third kappa shape index (κ3) is 3.96. The molecule has 0 bridgehead atoms. The molecule has 1 aromatic carbocycles. The second-order valence-corrected chi connectivity index (χ2v) is 7.97. The van der Waals surface area contributed by atoms with Crippen LogP contribution in [0, 0.1) is 0 Å². The number of aromatic nitrogens is 1. The molecule has 160 valence electrons. The third-order valence-corrected chi connectivity index (χ3v) is 5.82. The average molecular weight is 419 g/mol. The Morgan fingerprint density at radius 3 is 2.57 bits per heavy atom. The molecule has 8 heteroatoms. The summed E-state index contributed by atoms with van der Waals surface area (Å²) in [7, 11) is 4.08. The van der Waals surface area contributed by atoms with Crippen molar-refractivity contribution in [2.24, 2.45) is 0 Å². The van der Waals surface area contributed by atoms with Crippen LogP contribution in [0.1, 0.15) is 34.5 Å². The molecule has 1 saturated heterocycles. The highest BCUT2D eigenvalue weighted by atomic mass is 19.4. The Labute approximate surface area is 172 Å². The predicted octanol–water partition coefficient (Wildman–Crippen LogP) is 4.47. The van der Waals surface area contributed by atoms with Crippen molar-refractivity contribution in [2.75, 3.05) is 27.2 Å². The Kier molecular flexibility index (Phi) is 5.36. The van der Waals surface area contributed by atoms with Crippen molar-refractivity contribution in [1.29, 1.82) is 0 Å². The van der Waals surface area contributed by atoms with Crippen LogP contribution in [0.4, 0.5) is 13.2 Å². The van der Waals surface area contributed by atoms with E-state index in [2.05, 4.69) is 4.90 Å². The molecule has 0 N–H and O–H groups in total. The van der Waals surface area contributed by atoms with Crippen LogP contribution in [0.25, 0.3) is 11.1 Å². The molecule has 0 atom stereocenters. The molecule has 1 aliphatic rings. The number of carbonyl (C=O) groups excluding carboxylic acids is 1. The summed E-state index contributed by atoms with van der Waals surface area (Å²) >= 11 is 0. The molecule has 4 rings (SSSR count). The van der Waals surface area contributed by atoms with E-state index in [1.165, 1.54) is 12.3 Å². The van der Waals surface area contributed by atoms with E-state index >= 15 is 0 Å². The Bertz CT molecular complexity index is 1040. The number of hydrogen-bond acceptors (Lipinski definition) is 3. The number of amides is 1. The zero-order valence-electron chi connectivity index (χ0n) is 16.9. The molecule has 1 aliphatic heterocycles. The number of likely N-dealkylation sites (tertiary alicyclic amines) is 1. The van der Waals surface area contributed by atoms with Gasteiger partial charge >= 0.3 is 6.18 Å². The van der Waals surface area contributed by atoms with Crippen LogP contribution in [0.5, 0.6) is 0 Å². The van der Waals surface area contributed by atoms with Crippen molar-refractivity contribution in [1.82, 2.24) is 14.4 Å². The molecule has 0 saturated carbocycles. The van der Waals surface area contributed by atoms with Gasteiger partial charge in [0.15, 0.2) is 5.58 Å². The van der Waals surface area contributed by atoms with Gasteiger partial charge in [0, 0.05) is 37.8 Å². The first kappa shape index (κ1) is 20.5. The number of halogens is 3. The predicted molar refractivity (Wildman–Crippen MR) is 107 cm³/mol. The monoisotopic (exact) mass is 419 g/mol.